The van der Waals surface area contributed by atoms with Crippen molar-refractivity contribution in [2.24, 2.45) is 5.41 Å². The van der Waals surface area contributed by atoms with E-state index in [1.165, 1.54) is 12.8 Å². The van der Waals surface area contributed by atoms with Crippen LogP contribution in [0.2, 0.25) is 0 Å². The summed E-state index contributed by atoms with van der Waals surface area (Å²) < 4.78 is 5.95. The lowest BCUT2D eigenvalue weighted by atomic mass is 9.87. The molecule has 21 heavy (non-hydrogen) atoms. The molecule has 1 aliphatic heterocycles. The zero-order valence-electron chi connectivity index (χ0n) is 13.7. The van der Waals surface area contributed by atoms with Crippen molar-refractivity contribution < 1.29 is 14.6 Å². The van der Waals surface area contributed by atoms with E-state index in [1.807, 2.05) is 4.90 Å². The first kappa shape index (κ1) is 16.6. The predicted molar refractivity (Wildman–Crippen MR) is 82.2 cm³/mol. The molecule has 1 aliphatic carbocycles. The number of aliphatic hydroxyl groups is 1. The molecule has 0 bridgehead atoms. The maximum Gasteiger partial charge on any atom is 0.317 e. The first-order valence-electron chi connectivity index (χ1n) is 8.17. The quantitative estimate of drug-likeness (QED) is 0.836. The van der Waals surface area contributed by atoms with E-state index in [1.54, 1.807) is 6.92 Å². The van der Waals surface area contributed by atoms with Gasteiger partial charge in [0.1, 0.15) is 0 Å². The van der Waals surface area contributed by atoms with Crippen molar-refractivity contribution in [3.63, 3.8) is 0 Å². The van der Waals surface area contributed by atoms with E-state index in [-0.39, 0.29) is 23.2 Å². The van der Waals surface area contributed by atoms with E-state index in [2.05, 4.69) is 19.2 Å². The minimum atomic E-state index is -0.345. The standard InChI is InChI=1S/C16H30N2O3/c1-13(19)10-15(2,3)11-17-14(20)18-8-9-21-16(12-18)6-4-5-7-16/h13,19H,4-12H2,1-3H3,(H,17,20). The summed E-state index contributed by atoms with van der Waals surface area (Å²) in [7, 11) is 0. The number of urea groups is 1. The molecule has 2 fully saturated rings. The van der Waals surface area contributed by atoms with Gasteiger partial charge in [0.15, 0.2) is 0 Å². The van der Waals surface area contributed by atoms with Crippen LogP contribution in [0, 0.1) is 5.41 Å². The Hall–Kier alpha value is -0.810. The Labute approximate surface area is 128 Å². The van der Waals surface area contributed by atoms with Gasteiger partial charge in [-0.1, -0.05) is 26.7 Å². The molecule has 2 rings (SSSR count). The highest BCUT2D eigenvalue weighted by molar-refractivity contribution is 5.74. The molecule has 1 saturated carbocycles. The summed E-state index contributed by atoms with van der Waals surface area (Å²) in [5.74, 6) is 0. The van der Waals surface area contributed by atoms with Crippen LogP contribution >= 0.6 is 0 Å². The van der Waals surface area contributed by atoms with Crippen LogP contribution in [0.5, 0.6) is 0 Å². The summed E-state index contributed by atoms with van der Waals surface area (Å²) in [5, 5.41) is 12.5. The molecule has 2 aliphatic rings. The number of morpholine rings is 1. The fourth-order valence-corrected chi connectivity index (χ4v) is 3.64. The number of hydrogen-bond acceptors (Lipinski definition) is 3. The molecule has 0 radical (unpaired) electrons. The second kappa shape index (κ2) is 6.53. The van der Waals surface area contributed by atoms with Gasteiger partial charge in [-0.05, 0) is 31.6 Å². The lowest BCUT2D eigenvalue weighted by Gasteiger charge is -2.40. The van der Waals surface area contributed by atoms with E-state index < -0.39 is 0 Å². The third-order valence-electron chi connectivity index (χ3n) is 4.62. The Morgan fingerprint density at radius 1 is 1.43 bits per heavy atom. The number of hydrogen-bond donors (Lipinski definition) is 2. The fourth-order valence-electron chi connectivity index (χ4n) is 3.64. The van der Waals surface area contributed by atoms with Gasteiger partial charge in [-0.25, -0.2) is 4.79 Å². The van der Waals surface area contributed by atoms with E-state index in [0.717, 1.165) is 19.4 Å². The van der Waals surface area contributed by atoms with E-state index in [4.69, 9.17) is 4.74 Å². The minimum absolute atomic E-state index is 0.00300. The lowest BCUT2D eigenvalue weighted by molar-refractivity contribution is -0.0926. The number of aliphatic hydroxyl groups excluding tert-OH is 1. The van der Waals surface area contributed by atoms with Gasteiger partial charge >= 0.3 is 6.03 Å². The molecule has 5 heteroatoms. The smallest absolute Gasteiger partial charge is 0.317 e. The maximum atomic E-state index is 12.4. The van der Waals surface area contributed by atoms with Crippen LogP contribution in [0.1, 0.15) is 52.9 Å². The molecule has 122 valence electrons. The molecule has 5 nitrogen and oxygen atoms in total. The number of ether oxygens (including phenoxy) is 1. The Morgan fingerprint density at radius 3 is 2.71 bits per heavy atom. The van der Waals surface area contributed by atoms with Crippen LogP contribution in [0.4, 0.5) is 4.79 Å². The predicted octanol–water partition coefficient (Wildman–Crippen LogP) is 2.14. The van der Waals surface area contributed by atoms with Crippen molar-refractivity contribution in [1.82, 2.24) is 10.2 Å². The zero-order chi connectivity index (χ0) is 15.5. The minimum Gasteiger partial charge on any atom is -0.393 e. The van der Waals surface area contributed by atoms with E-state index in [9.17, 15) is 9.90 Å². The van der Waals surface area contributed by atoms with Crippen LogP contribution in [-0.4, -0.2) is 54.0 Å². The number of carbonyl (C=O) groups is 1. The molecular formula is C16H30N2O3. The highest BCUT2D eigenvalue weighted by Gasteiger charge is 2.40. The topological polar surface area (TPSA) is 61.8 Å². The van der Waals surface area contributed by atoms with Gasteiger partial charge in [0.2, 0.25) is 0 Å². The monoisotopic (exact) mass is 298 g/mol. The van der Waals surface area contributed by atoms with Crippen molar-refractivity contribution in [1.29, 1.82) is 0 Å². The van der Waals surface area contributed by atoms with Crippen LogP contribution in [0.15, 0.2) is 0 Å². The molecule has 1 spiro atoms. The lowest BCUT2D eigenvalue weighted by Crippen LogP contribution is -2.55. The first-order valence-corrected chi connectivity index (χ1v) is 8.17. The summed E-state index contributed by atoms with van der Waals surface area (Å²) in [4.78, 5) is 14.3. The first-order chi connectivity index (χ1) is 9.82. The average molecular weight is 298 g/mol. The van der Waals surface area contributed by atoms with Crippen molar-refractivity contribution in [3.8, 4) is 0 Å². The molecule has 0 aromatic carbocycles. The molecule has 1 unspecified atom stereocenters. The Morgan fingerprint density at radius 2 is 2.10 bits per heavy atom. The number of nitrogens with one attached hydrogen (secondary N) is 1. The largest absolute Gasteiger partial charge is 0.393 e. The second-order valence-electron chi connectivity index (χ2n) is 7.54. The van der Waals surface area contributed by atoms with E-state index in [0.29, 0.717) is 26.1 Å². The molecule has 2 amide bonds. The van der Waals surface area contributed by atoms with Gasteiger partial charge in [-0.15, -0.1) is 0 Å². The Bertz CT molecular complexity index is 363. The summed E-state index contributed by atoms with van der Waals surface area (Å²) in [5.41, 5.74) is -0.175. The molecule has 0 aromatic heterocycles. The fraction of sp³-hybridized carbons (Fsp3) is 0.938. The van der Waals surface area contributed by atoms with Gasteiger partial charge in [0, 0.05) is 13.1 Å². The highest BCUT2D eigenvalue weighted by atomic mass is 16.5. The van der Waals surface area contributed by atoms with Crippen molar-refractivity contribution >= 4 is 6.03 Å². The molecular weight excluding hydrogens is 268 g/mol. The van der Waals surface area contributed by atoms with Crippen molar-refractivity contribution in [2.75, 3.05) is 26.2 Å². The molecule has 0 aromatic rings. The van der Waals surface area contributed by atoms with Crippen LogP contribution in [-0.2, 0) is 4.74 Å². The van der Waals surface area contributed by atoms with Gasteiger partial charge in [0.05, 0.1) is 24.9 Å². The molecule has 1 atom stereocenters. The van der Waals surface area contributed by atoms with Crippen LogP contribution < -0.4 is 5.32 Å². The number of amides is 2. The summed E-state index contributed by atoms with van der Waals surface area (Å²) in [6.07, 6.45) is 4.89. The Kier molecular flexibility index (Phi) is 5.15. The SMILES string of the molecule is CC(O)CC(C)(C)CNC(=O)N1CCOC2(CCCC2)C1. The normalized spacial score (nSPS) is 23.3. The number of nitrogens with zero attached hydrogens (tertiary/aromatic N) is 1. The van der Waals surface area contributed by atoms with Gasteiger partial charge in [-0.3, -0.25) is 0 Å². The molecule has 1 heterocycles. The van der Waals surface area contributed by atoms with Gasteiger partial charge < -0.3 is 20.1 Å². The maximum absolute atomic E-state index is 12.4. The van der Waals surface area contributed by atoms with Crippen molar-refractivity contribution in [3.05, 3.63) is 0 Å². The summed E-state index contributed by atoms with van der Waals surface area (Å²) >= 11 is 0. The number of carbonyl (C=O) groups excluding carboxylic acids is 1. The summed E-state index contributed by atoms with van der Waals surface area (Å²) in [6, 6.07) is 0.00300. The average Bonchev–Trinajstić information content (AvgIpc) is 2.82. The van der Waals surface area contributed by atoms with Gasteiger partial charge in [0.25, 0.3) is 0 Å². The highest BCUT2D eigenvalue weighted by Crippen LogP contribution is 2.35. The second-order valence-corrected chi connectivity index (χ2v) is 7.54. The molecule has 1 saturated heterocycles. The third-order valence-corrected chi connectivity index (χ3v) is 4.62. The summed E-state index contributed by atoms with van der Waals surface area (Å²) in [6.45, 7) is 8.54. The number of rotatable bonds is 4. The van der Waals surface area contributed by atoms with Crippen LogP contribution in [0.3, 0.4) is 0 Å². The van der Waals surface area contributed by atoms with Crippen molar-refractivity contribution in [2.45, 2.75) is 64.6 Å². The van der Waals surface area contributed by atoms with Gasteiger partial charge in [-0.2, -0.15) is 0 Å². The zero-order valence-corrected chi connectivity index (χ0v) is 13.7. The van der Waals surface area contributed by atoms with Crippen LogP contribution in [0.25, 0.3) is 0 Å². The van der Waals surface area contributed by atoms with E-state index >= 15 is 0 Å². The third kappa shape index (κ3) is 4.58. The molecule has 2 N–H and O–H groups in total. The Balaban J connectivity index is 1.83.